The summed E-state index contributed by atoms with van der Waals surface area (Å²) in [5.41, 5.74) is 0.178. The molecule has 1 heterocycles. The molecule has 1 aromatic rings. The third-order valence-corrected chi connectivity index (χ3v) is 2.57. The number of esters is 1. The summed E-state index contributed by atoms with van der Waals surface area (Å²) in [6.45, 7) is 1.49. The molecule has 1 aromatic heterocycles. The summed E-state index contributed by atoms with van der Waals surface area (Å²) in [6, 6.07) is 1.29. The SMILES string of the molecule is COC(=O)CC(O)C(O)c1cc(C)c([N+](=O)[O-])cn1. The first-order valence-electron chi connectivity index (χ1n) is 5.40. The predicted molar refractivity (Wildman–Crippen MR) is 63.2 cm³/mol. The molecule has 2 atom stereocenters. The molecular formula is C11H14N2O6. The summed E-state index contributed by atoms with van der Waals surface area (Å²) in [4.78, 5) is 24.7. The van der Waals surface area contributed by atoms with Crippen molar-refractivity contribution >= 4 is 11.7 Å². The van der Waals surface area contributed by atoms with Crippen LogP contribution in [0.1, 0.15) is 23.8 Å². The zero-order valence-electron chi connectivity index (χ0n) is 10.4. The summed E-state index contributed by atoms with van der Waals surface area (Å²) >= 11 is 0. The standard InChI is InChI=1S/C11H14N2O6/c1-6-3-7(12-5-8(6)13(17)18)11(16)9(14)4-10(15)19-2/h3,5,9,11,14,16H,4H2,1-2H3. The third-order valence-electron chi connectivity index (χ3n) is 2.57. The monoisotopic (exact) mass is 270 g/mol. The summed E-state index contributed by atoms with van der Waals surface area (Å²) < 4.78 is 4.36. The quantitative estimate of drug-likeness (QED) is 0.446. The number of nitro groups is 1. The number of aromatic nitrogens is 1. The molecule has 0 bridgehead atoms. The highest BCUT2D eigenvalue weighted by molar-refractivity contribution is 5.69. The molecule has 0 saturated carbocycles. The number of ether oxygens (including phenoxy) is 1. The van der Waals surface area contributed by atoms with E-state index in [1.54, 1.807) is 0 Å². The molecule has 0 aliphatic rings. The van der Waals surface area contributed by atoms with E-state index in [4.69, 9.17) is 0 Å². The summed E-state index contributed by atoms with van der Waals surface area (Å²) in [5.74, 6) is -0.676. The number of carbonyl (C=O) groups is 1. The summed E-state index contributed by atoms with van der Waals surface area (Å²) in [5, 5.41) is 30.0. The van der Waals surface area contributed by atoms with Gasteiger partial charge in [0.1, 0.15) is 12.3 Å². The number of rotatable bonds is 5. The van der Waals surface area contributed by atoms with Crippen molar-refractivity contribution in [2.24, 2.45) is 0 Å². The van der Waals surface area contributed by atoms with Crippen LogP contribution in [0.5, 0.6) is 0 Å². The Balaban J connectivity index is 2.88. The van der Waals surface area contributed by atoms with Crippen LogP contribution in [0, 0.1) is 17.0 Å². The molecule has 19 heavy (non-hydrogen) atoms. The van der Waals surface area contributed by atoms with E-state index in [9.17, 15) is 25.1 Å². The maximum absolute atomic E-state index is 11.0. The molecule has 0 aliphatic heterocycles. The highest BCUT2D eigenvalue weighted by atomic mass is 16.6. The van der Waals surface area contributed by atoms with E-state index in [2.05, 4.69) is 9.72 Å². The third kappa shape index (κ3) is 3.70. The molecule has 0 spiro atoms. The van der Waals surface area contributed by atoms with Crippen LogP contribution in [0.3, 0.4) is 0 Å². The van der Waals surface area contributed by atoms with Crippen molar-refractivity contribution in [2.45, 2.75) is 25.6 Å². The molecule has 104 valence electrons. The van der Waals surface area contributed by atoms with Gasteiger partial charge in [0.15, 0.2) is 0 Å². The summed E-state index contributed by atoms with van der Waals surface area (Å²) in [7, 11) is 1.16. The Kier molecular flexibility index (Phi) is 4.90. The van der Waals surface area contributed by atoms with Crippen molar-refractivity contribution in [2.75, 3.05) is 7.11 Å². The minimum absolute atomic E-state index is 0.0551. The largest absolute Gasteiger partial charge is 0.469 e. The number of methoxy groups -OCH3 is 1. The normalized spacial score (nSPS) is 13.7. The van der Waals surface area contributed by atoms with Gasteiger partial charge in [-0.25, -0.2) is 0 Å². The van der Waals surface area contributed by atoms with E-state index in [-0.39, 0.29) is 11.4 Å². The van der Waals surface area contributed by atoms with Crippen LogP contribution in [0.2, 0.25) is 0 Å². The number of carbonyl (C=O) groups excluding carboxylic acids is 1. The van der Waals surface area contributed by atoms with Crippen LogP contribution in [-0.4, -0.2) is 39.3 Å². The molecule has 0 fully saturated rings. The molecule has 0 aromatic carbocycles. The van der Waals surface area contributed by atoms with Crippen LogP contribution in [0.4, 0.5) is 5.69 Å². The number of hydrogen-bond donors (Lipinski definition) is 2. The van der Waals surface area contributed by atoms with E-state index in [1.807, 2.05) is 0 Å². The Labute approximate surface area is 108 Å². The lowest BCUT2D eigenvalue weighted by atomic mass is 10.1. The van der Waals surface area contributed by atoms with Crippen molar-refractivity contribution < 1.29 is 24.7 Å². The van der Waals surface area contributed by atoms with Gasteiger partial charge in [0.05, 0.1) is 30.3 Å². The molecule has 0 radical (unpaired) electrons. The number of pyridine rings is 1. The van der Waals surface area contributed by atoms with E-state index < -0.39 is 29.5 Å². The Morgan fingerprint density at radius 3 is 2.68 bits per heavy atom. The highest BCUT2D eigenvalue weighted by Crippen LogP contribution is 2.23. The lowest BCUT2D eigenvalue weighted by molar-refractivity contribution is -0.385. The topological polar surface area (TPSA) is 123 Å². The number of aliphatic hydroxyl groups excluding tert-OH is 2. The molecule has 1 rings (SSSR count). The maximum Gasteiger partial charge on any atom is 0.308 e. The van der Waals surface area contributed by atoms with Crippen LogP contribution in [0.25, 0.3) is 0 Å². The fourth-order valence-electron chi connectivity index (χ4n) is 1.49. The van der Waals surface area contributed by atoms with Gasteiger partial charge in [-0.2, -0.15) is 0 Å². The summed E-state index contributed by atoms with van der Waals surface area (Å²) in [6.07, 6.45) is -2.20. The smallest absolute Gasteiger partial charge is 0.308 e. The minimum atomic E-state index is -1.42. The zero-order valence-corrected chi connectivity index (χ0v) is 10.4. The lowest BCUT2D eigenvalue weighted by Crippen LogP contribution is -2.23. The Morgan fingerprint density at radius 2 is 2.21 bits per heavy atom. The Morgan fingerprint density at radius 1 is 1.58 bits per heavy atom. The Hall–Kier alpha value is -2.06. The minimum Gasteiger partial charge on any atom is -0.469 e. The molecule has 2 unspecified atom stereocenters. The number of nitrogens with zero attached hydrogens (tertiary/aromatic N) is 2. The van der Waals surface area contributed by atoms with Gasteiger partial charge in [-0.15, -0.1) is 0 Å². The van der Waals surface area contributed by atoms with Gasteiger partial charge in [-0.1, -0.05) is 0 Å². The average molecular weight is 270 g/mol. The first-order chi connectivity index (χ1) is 8.86. The molecule has 0 amide bonds. The molecule has 0 aliphatic carbocycles. The van der Waals surface area contributed by atoms with Crippen LogP contribution >= 0.6 is 0 Å². The number of aliphatic hydroxyl groups is 2. The van der Waals surface area contributed by atoms with Gasteiger partial charge >= 0.3 is 5.97 Å². The fraction of sp³-hybridized carbons (Fsp3) is 0.455. The zero-order chi connectivity index (χ0) is 14.6. The molecule has 2 N–H and O–H groups in total. The van der Waals surface area contributed by atoms with Gasteiger partial charge in [0.25, 0.3) is 5.69 Å². The average Bonchev–Trinajstić information content (AvgIpc) is 2.36. The lowest BCUT2D eigenvalue weighted by Gasteiger charge is -2.16. The fourth-order valence-corrected chi connectivity index (χ4v) is 1.49. The first-order valence-corrected chi connectivity index (χ1v) is 5.40. The first kappa shape index (κ1) is 15.0. The predicted octanol–water partition coefficient (Wildman–Crippen LogP) is 0.256. The number of hydrogen-bond acceptors (Lipinski definition) is 7. The van der Waals surface area contributed by atoms with Crippen molar-refractivity contribution in [1.82, 2.24) is 4.98 Å². The molecule has 8 heteroatoms. The van der Waals surface area contributed by atoms with Crippen LogP contribution < -0.4 is 0 Å². The van der Waals surface area contributed by atoms with E-state index in [1.165, 1.54) is 13.0 Å². The highest BCUT2D eigenvalue weighted by Gasteiger charge is 2.24. The molecule has 8 nitrogen and oxygen atoms in total. The van der Waals surface area contributed by atoms with Crippen LogP contribution in [0.15, 0.2) is 12.3 Å². The van der Waals surface area contributed by atoms with Gasteiger partial charge in [0.2, 0.25) is 0 Å². The van der Waals surface area contributed by atoms with E-state index >= 15 is 0 Å². The van der Waals surface area contributed by atoms with E-state index in [0.717, 1.165) is 13.3 Å². The van der Waals surface area contributed by atoms with Crippen molar-refractivity contribution in [3.05, 3.63) is 33.6 Å². The van der Waals surface area contributed by atoms with Crippen molar-refractivity contribution in [3.63, 3.8) is 0 Å². The van der Waals surface area contributed by atoms with Crippen molar-refractivity contribution in [3.8, 4) is 0 Å². The molecular weight excluding hydrogens is 256 g/mol. The second-order valence-electron chi connectivity index (χ2n) is 3.95. The second kappa shape index (κ2) is 6.21. The van der Waals surface area contributed by atoms with Gasteiger partial charge in [0, 0.05) is 5.56 Å². The van der Waals surface area contributed by atoms with Crippen LogP contribution in [-0.2, 0) is 9.53 Å². The van der Waals surface area contributed by atoms with Crippen molar-refractivity contribution in [1.29, 1.82) is 0 Å². The number of aryl methyl sites for hydroxylation is 1. The van der Waals surface area contributed by atoms with Gasteiger partial charge in [-0.05, 0) is 13.0 Å². The van der Waals surface area contributed by atoms with Gasteiger partial charge < -0.3 is 14.9 Å². The Bertz CT molecular complexity index is 490. The van der Waals surface area contributed by atoms with E-state index in [0.29, 0.717) is 5.56 Å². The maximum atomic E-state index is 11.0. The molecule has 0 saturated heterocycles. The second-order valence-corrected chi connectivity index (χ2v) is 3.95. The van der Waals surface area contributed by atoms with Gasteiger partial charge in [-0.3, -0.25) is 19.9 Å².